The van der Waals surface area contributed by atoms with Crippen LogP contribution in [0.1, 0.15) is 72.4 Å². The number of nitrogens with zero attached hydrogens (tertiary/aromatic N) is 6. The van der Waals surface area contributed by atoms with E-state index in [0.717, 1.165) is 30.6 Å². The first kappa shape index (κ1) is 34.8. The summed E-state index contributed by atoms with van der Waals surface area (Å²) in [7, 11) is -2.14. The van der Waals surface area contributed by atoms with Crippen molar-refractivity contribution < 1.29 is 18.7 Å². The van der Waals surface area contributed by atoms with Crippen molar-refractivity contribution in [1.82, 2.24) is 19.7 Å². The molecule has 0 unspecified atom stereocenters. The molecule has 2 aliphatic rings. The van der Waals surface area contributed by atoms with Gasteiger partial charge in [0.25, 0.3) is 0 Å². The van der Waals surface area contributed by atoms with Crippen LogP contribution >= 0.6 is 11.6 Å². The van der Waals surface area contributed by atoms with Crippen LogP contribution in [-0.2, 0) is 25.9 Å². The number of carbonyl (C=O) groups excluding carboxylic acids is 1. The molecule has 11 nitrogen and oxygen atoms in total. The number of rotatable bonds is 8. The van der Waals surface area contributed by atoms with Crippen molar-refractivity contribution in [3.05, 3.63) is 46.7 Å². The molecular weight excluding hydrogens is 634 g/mol. The SMILES string of the molecule is CC(C)(C)OC(=O)N1C[C@](C)(CO[Si](C)(C)C(C)(C)C)c2cc(-c3ccnc(Nc4cc(Cl)nn4C[C@H]4CCCO4)n3)cc(C#N)c21. The van der Waals surface area contributed by atoms with E-state index in [1.165, 1.54) is 0 Å². The average Bonchev–Trinajstić information content (AvgIpc) is 3.69. The van der Waals surface area contributed by atoms with Gasteiger partial charge in [-0.3, -0.25) is 4.90 Å². The summed E-state index contributed by atoms with van der Waals surface area (Å²) in [5.74, 6) is 1.00. The molecule has 1 saturated heterocycles. The van der Waals surface area contributed by atoms with Crippen molar-refractivity contribution in [2.75, 3.05) is 30.0 Å². The Balaban J connectivity index is 1.52. The largest absolute Gasteiger partial charge is 0.443 e. The molecule has 13 heteroatoms. The molecule has 2 aliphatic heterocycles. The maximum Gasteiger partial charge on any atom is 0.414 e. The molecule has 0 aliphatic carbocycles. The lowest BCUT2D eigenvalue weighted by molar-refractivity contribution is 0.0575. The lowest BCUT2D eigenvalue weighted by Gasteiger charge is -2.39. The molecule has 4 heterocycles. The van der Waals surface area contributed by atoms with Gasteiger partial charge in [0.1, 0.15) is 17.5 Å². The minimum atomic E-state index is -2.14. The Labute approximate surface area is 283 Å². The summed E-state index contributed by atoms with van der Waals surface area (Å²) in [4.78, 5) is 24.4. The number of hydrogen-bond acceptors (Lipinski definition) is 9. The van der Waals surface area contributed by atoms with Gasteiger partial charge in [0.05, 0.1) is 29.6 Å². The number of carbonyl (C=O) groups is 1. The van der Waals surface area contributed by atoms with E-state index in [9.17, 15) is 10.1 Å². The smallest absolute Gasteiger partial charge is 0.414 e. The van der Waals surface area contributed by atoms with Gasteiger partial charge in [-0.05, 0) is 75.5 Å². The van der Waals surface area contributed by atoms with Gasteiger partial charge in [0.2, 0.25) is 5.95 Å². The van der Waals surface area contributed by atoms with Crippen molar-refractivity contribution >= 4 is 43.5 Å². The van der Waals surface area contributed by atoms with Gasteiger partial charge in [0.15, 0.2) is 13.5 Å². The highest BCUT2D eigenvalue weighted by molar-refractivity contribution is 6.74. The third kappa shape index (κ3) is 7.64. The highest BCUT2D eigenvalue weighted by atomic mass is 35.5. The molecular formula is C34H46ClN7O4Si. The van der Waals surface area contributed by atoms with Crippen LogP contribution in [0.4, 0.5) is 22.2 Å². The second kappa shape index (κ2) is 12.8. The normalized spacial score (nSPS) is 19.9. The fourth-order valence-electron chi connectivity index (χ4n) is 5.58. The molecule has 252 valence electrons. The molecule has 1 amide bonds. The number of benzene rings is 1. The van der Waals surface area contributed by atoms with Crippen LogP contribution in [0.5, 0.6) is 0 Å². The number of nitrogens with one attached hydrogen (secondary N) is 1. The van der Waals surface area contributed by atoms with Crippen molar-refractivity contribution in [1.29, 1.82) is 5.26 Å². The van der Waals surface area contributed by atoms with Crippen LogP contribution in [0.25, 0.3) is 11.3 Å². The van der Waals surface area contributed by atoms with E-state index < -0.39 is 25.4 Å². The third-order valence-corrected chi connectivity index (χ3v) is 13.8. The Hall–Kier alpha value is -3.50. The highest BCUT2D eigenvalue weighted by Gasteiger charge is 2.47. The van der Waals surface area contributed by atoms with E-state index in [1.807, 2.05) is 26.8 Å². The Morgan fingerprint density at radius 1 is 1.23 bits per heavy atom. The van der Waals surface area contributed by atoms with Crippen molar-refractivity contribution in [2.45, 2.75) is 103 Å². The number of halogens is 1. The first-order valence-electron chi connectivity index (χ1n) is 16.1. The summed E-state index contributed by atoms with van der Waals surface area (Å²) < 4.78 is 20.1. The lowest BCUT2D eigenvalue weighted by atomic mass is 9.83. The van der Waals surface area contributed by atoms with Crippen LogP contribution in [0.15, 0.2) is 30.5 Å². The number of amides is 1. The predicted molar refractivity (Wildman–Crippen MR) is 186 cm³/mol. The predicted octanol–water partition coefficient (Wildman–Crippen LogP) is 7.82. The number of hydrogen-bond donors (Lipinski definition) is 1. The minimum Gasteiger partial charge on any atom is -0.443 e. The zero-order valence-electron chi connectivity index (χ0n) is 28.9. The molecule has 0 radical (unpaired) electrons. The standard InChI is InChI=1S/C34H46ClN7O4Si/c1-32(2,3)46-31(43)41-20-34(7,21-45-47(8,9)33(4,5)6)25-16-22(15-23(18-36)29(25)41)26-12-13-37-30(38-26)39-28-17-27(35)40-42(28)19-24-11-10-14-44-24/h12-13,15-17,24H,10-11,14,19-21H2,1-9H3,(H,37,38,39)/t24-,34-/m1/s1. The topological polar surface area (TPSA) is 127 Å². The van der Waals surface area contributed by atoms with Crippen LogP contribution in [0.3, 0.4) is 0 Å². The van der Waals surface area contributed by atoms with Gasteiger partial charge >= 0.3 is 6.09 Å². The summed E-state index contributed by atoms with van der Waals surface area (Å²) in [5.41, 5.74) is 1.77. The van der Waals surface area contributed by atoms with Gasteiger partial charge in [-0.1, -0.05) is 39.3 Å². The van der Waals surface area contributed by atoms with Crippen molar-refractivity contribution in [2.24, 2.45) is 0 Å². The Morgan fingerprint density at radius 2 is 1.98 bits per heavy atom. The molecule has 0 spiro atoms. The van der Waals surface area contributed by atoms with Crippen LogP contribution in [0, 0.1) is 11.3 Å². The third-order valence-electron chi connectivity index (χ3n) is 9.17. The summed E-state index contributed by atoms with van der Waals surface area (Å²) in [6.07, 6.45) is 3.23. The van der Waals surface area contributed by atoms with E-state index in [2.05, 4.69) is 62.3 Å². The van der Waals surface area contributed by atoms with Gasteiger partial charge in [-0.15, -0.1) is 0 Å². The summed E-state index contributed by atoms with van der Waals surface area (Å²) in [6.45, 7) is 20.6. The molecule has 2 atom stereocenters. The molecule has 1 aromatic carbocycles. The van der Waals surface area contributed by atoms with E-state index in [1.54, 1.807) is 34.0 Å². The van der Waals surface area contributed by atoms with Crippen LogP contribution in [-0.4, -0.2) is 65.6 Å². The molecule has 0 saturated carbocycles. The molecule has 2 aromatic heterocycles. The molecule has 0 bridgehead atoms. The molecule has 1 fully saturated rings. The highest BCUT2D eigenvalue weighted by Crippen LogP contribution is 2.47. The summed E-state index contributed by atoms with van der Waals surface area (Å²) in [6, 6.07) is 9.65. The number of aromatic nitrogens is 4. The maximum atomic E-state index is 13.6. The van der Waals surface area contributed by atoms with E-state index in [4.69, 9.17) is 30.5 Å². The molecule has 5 rings (SSSR count). The fraction of sp³-hybridized carbons (Fsp3) is 0.559. The number of ether oxygens (including phenoxy) is 2. The second-order valence-corrected chi connectivity index (χ2v) is 20.5. The first-order valence-corrected chi connectivity index (χ1v) is 19.4. The number of anilines is 3. The van der Waals surface area contributed by atoms with Gasteiger partial charge in [-0.25, -0.2) is 19.4 Å². The summed E-state index contributed by atoms with van der Waals surface area (Å²) >= 11 is 6.28. The maximum absolute atomic E-state index is 13.6. The average molecular weight is 680 g/mol. The van der Waals surface area contributed by atoms with Gasteiger partial charge < -0.3 is 19.2 Å². The molecule has 1 N–H and O–H groups in total. The zero-order valence-corrected chi connectivity index (χ0v) is 30.7. The van der Waals surface area contributed by atoms with Crippen LogP contribution < -0.4 is 10.2 Å². The van der Waals surface area contributed by atoms with Gasteiger partial charge in [-0.2, -0.15) is 10.4 Å². The quantitative estimate of drug-likeness (QED) is 0.237. The summed E-state index contributed by atoms with van der Waals surface area (Å²) in [5, 5.41) is 18.4. The fourth-order valence-corrected chi connectivity index (χ4v) is 6.89. The van der Waals surface area contributed by atoms with E-state index >= 15 is 0 Å². The number of fused-ring (bicyclic) bond motifs is 1. The zero-order chi connectivity index (χ0) is 34.4. The molecule has 3 aromatic rings. The second-order valence-electron chi connectivity index (χ2n) is 15.3. The minimum absolute atomic E-state index is 0.00337. The molecule has 47 heavy (non-hydrogen) atoms. The Kier molecular flexibility index (Phi) is 9.51. The van der Waals surface area contributed by atoms with Gasteiger partial charge in [0, 0.05) is 43.0 Å². The Morgan fingerprint density at radius 3 is 2.62 bits per heavy atom. The monoisotopic (exact) mass is 679 g/mol. The van der Waals surface area contributed by atoms with Crippen molar-refractivity contribution in [3.8, 4) is 17.3 Å². The lowest BCUT2D eigenvalue weighted by Crippen LogP contribution is -2.46. The van der Waals surface area contributed by atoms with Crippen LogP contribution in [0.2, 0.25) is 23.3 Å². The van der Waals surface area contributed by atoms with E-state index in [0.29, 0.717) is 53.6 Å². The first-order chi connectivity index (χ1) is 21.9. The Bertz CT molecular complexity index is 1680. The van der Waals surface area contributed by atoms with E-state index in [-0.39, 0.29) is 11.1 Å². The van der Waals surface area contributed by atoms with Crippen molar-refractivity contribution in [3.63, 3.8) is 0 Å². The number of nitriles is 1.